The van der Waals surface area contributed by atoms with Crippen LogP contribution in [0.2, 0.25) is 41.3 Å². The van der Waals surface area contributed by atoms with Crippen LogP contribution in [0.4, 0.5) is 0 Å². The summed E-state index contributed by atoms with van der Waals surface area (Å²) in [5, 5.41) is 15.7. The van der Waals surface area contributed by atoms with Gasteiger partial charge in [0.1, 0.15) is 11.7 Å². The van der Waals surface area contributed by atoms with Crippen LogP contribution in [0.5, 0.6) is 0 Å². The molecule has 2 aliphatic heterocycles. The van der Waals surface area contributed by atoms with Gasteiger partial charge in [-0.2, -0.15) is 0 Å². The number of aliphatic hydroxyl groups is 1. The van der Waals surface area contributed by atoms with Gasteiger partial charge >= 0.3 is 0 Å². The van der Waals surface area contributed by atoms with Crippen molar-refractivity contribution < 1.29 is 23.1 Å². The highest BCUT2D eigenvalue weighted by Gasteiger charge is 2.71. The molecule has 2 aromatic rings. The molecule has 2 saturated heterocycles. The molecule has 8 heteroatoms. The lowest BCUT2D eigenvalue weighted by atomic mass is 9.60. The fourth-order valence-electron chi connectivity index (χ4n) is 8.98. The van der Waals surface area contributed by atoms with Crippen molar-refractivity contribution in [1.29, 1.82) is 0 Å². The minimum absolute atomic E-state index is 0.000106. The molecule has 5 atom stereocenters. The Morgan fingerprint density at radius 1 is 0.736 bits per heavy atom. The minimum atomic E-state index is -2.90. The van der Waals surface area contributed by atoms with Gasteiger partial charge < -0.3 is 23.1 Å². The SMILES string of the molecule is CC1(C)[C@H]2O[C@]([C@@H](O)C3=C(CO[Si](C)(C)C(C)(C)C)CCCC3)(C[C@@H]2O[Si](c2ccccc2)(c2ccccc2)C(C)(C)C)[C@H]1CO[Si](C)(C)C(C)(C)C. The number of ether oxygens (including phenoxy) is 1. The van der Waals surface area contributed by atoms with Crippen molar-refractivity contribution in [2.75, 3.05) is 13.2 Å². The third-order valence-electron chi connectivity index (χ3n) is 14.4. The molecule has 5 nitrogen and oxygen atoms in total. The maximum absolute atomic E-state index is 13.1. The van der Waals surface area contributed by atoms with E-state index in [0.29, 0.717) is 19.6 Å². The van der Waals surface area contributed by atoms with Crippen molar-refractivity contribution >= 4 is 35.3 Å². The number of fused-ring (bicyclic) bond motifs is 2. The molecule has 0 amide bonds. The Morgan fingerprint density at radius 3 is 1.72 bits per heavy atom. The minimum Gasteiger partial charge on any atom is -0.416 e. The summed E-state index contributed by atoms with van der Waals surface area (Å²) in [6, 6.07) is 21.9. The fourth-order valence-corrected chi connectivity index (χ4v) is 15.6. The van der Waals surface area contributed by atoms with Gasteiger partial charge in [0.15, 0.2) is 16.6 Å². The zero-order chi connectivity index (χ0) is 39.5. The standard InChI is InChI=1S/C45H74O5Si3/c1-41(2,3)51(12,13)47-31-33-24-22-23-29-36(33)39(46)45-30-37(40(49-45)44(10,11)38(45)32-48-52(14,15)42(4,5)6)50-53(43(7,8)9,34-25-18-16-19-26-34)35-27-20-17-21-28-35/h16-21,25-28,37-40,46H,22-24,29-32H2,1-15H3/t37-,38-,39-,40-,45+/m0/s1. The molecule has 2 heterocycles. The van der Waals surface area contributed by atoms with Crippen LogP contribution in [-0.4, -0.2) is 67.2 Å². The van der Waals surface area contributed by atoms with Crippen LogP contribution in [0, 0.1) is 11.3 Å². The van der Waals surface area contributed by atoms with Crippen molar-refractivity contribution in [1.82, 2.24) is 0 Å². The predicted octanol–water partition coefficient (Wildman–Crippen LogP) is 10.4. The number of rotatable bonds is 12. The molecule has 0 spiro atoms. The Bertz CT molecular complexity index is 1540. The summed E-state index contributed by atoms with van der Waals surface area (Å²) < 4.78 is 29.3. The first-order valence-electron chi connectivity index (χ1n) is 20.5. The van der Waals surface area contributed by atoms with Crippen molar-refractivity contribution in [2.45, 2.75) is 173 Å². The average molecular weight is 779 g/mol. The molecule has 53 heavy (non-hydrogen) atoms. The molecular formula is C45H74O5Si3. The highest BCUT2D eigenvalue weighted by molar-refractivity contribution is 6.99. The van der Waals surface area contributed by atoms with Gasteiger partial charge in [0.05, 0.1) is 18.8 Å². The third kappa shape index (κ3) is 7.83. The zero-order valence-corrected chi connectivity index (χ0v) is 39.1. The van der Waals surface area contributed by atoms with E-state index >= 15 is 0 Å². The quantitative estimate of drug-likeness (QED) is 0.172. The van der Waals surface area contributed by atoms with Crippen LogP contribution in [0.25, 0.3) is 0 Å². The van der Waals surface area contributed by atoms with Crippen LogP contribution < -0.4 is 10.4 Å². The van der Waals surface area contributed by atoms with E-state index in [2.05, 4.69) is 163 Å². The van der Waals surface area contributed by atoms with Crippen molar-refractivity contribution in [3.05, 3.63) is 71.8 Å². The number of hydrogen-bond acceptors (Lipinski definition) is 5. The molecule has 3 aliphatic rings. The molecule has 0 saturated carbocycles. The predicted molar refractivity (Wildman–Crippen MR) is 230 cm³/mol. The van der Waals surface area contributed by atoms with Crippen molar-refractivity contribution in [3.8, 4) is 0 Å². The Balaban J connectivity index is 1.62. The molecule has 1 N–H and O–H groups in total. The zero-order valence-electron chi connectivity index (χ0n) is 36.1. The molecule has 2 aromatic carbocycles. The summed E-state index contributed by atoms with van der Waals surface area (Å²) in [5.41, 5.74) is 1.30. The van der Waals surface area contributed by atoms with Crippen LogP contribution >= 0.6 is 0 Å². The molecule has 0 aromatic heterocycles. The van der Waals surface area contributed by atoms with Crippen LogP contribution in [0.1, 0.15) is 108 Å². The van der Waals surface area contributed by atoms with E-state index < -0.39 is 36.7 Å². The van der Waals surface area contributed by atoms with Gasteiger partial charge in [-0.3, -0.25) is 0 Å². The second-order valence-corrected chi connectivity index (χ2v) is 35.1. The van der Waals surface area contributed by atoms with Gasteiger partial charge in [0.25, 0.3) is 8.32 Å². The Morgan fingerprint density at radius 2 is 1.23 bits per heavy atom. The molecule has 296 valence electrons. The summed E-state index contributed by atoms with van der Waals surface area (Å²) in [7, 11) is -6.98. The molecule has 5 rings (SSSR count). The van der Waals surface area contributed by atoms with Crippen molar-refractivity contribution in [2.24, 2.45) is 11.3 Å². The second kappa shape index (κ2) is 14.9. The largest absolute Gasteiger partial charge is 0.416 e. The van der Waals surface area contributed by atoms with Crippen molar-refractivity contribution in [3.63, 3.8) is 0 Å². The molecule has 2 fully saturated rings. The normalized spacial score (nSPS) is 26.3. The first-order valence-corrected chi connectivity index (χ1v) is 28.2. The highest BCUT2D eigenvalue weighted by Crippen LogP contribution is 2.62. The summed E-state index contributed by atoms with van der Waals surface area (Å²) in [5.74, 6) is 0.000106. The van der Waals surface area contributed by atoms with E-state index in [1.807, 2.05) is 0 Å². The maximum Gasteiger partial charge on any atom is 0.261 e. The average Bonchev–Trinajstić information content (AvgIpc) is 3.55. The van der Waals surface area contributed by atoms with Crippen LogP contribution in [0.15, 0.2) is 71.8 Å². The molecule has 0 unspecified atom stereocenters. The topological polar surface area (TPSA) is 57.2 Å². The Labute approximate surface area is 327 Å². The summed E-state index contributed by atoms with van der Waals surface area (Å²) in [6.45, 7) is 36.1. The van der Waals surface area contributed by atoms with Crippen LogP contribution in [0.3, 0.4) is 0 Å². The lowest BCUT2D eigenvalue weighted by Crippen LogP contribution is -2.69. The fraction of sp³-hybridized carbons (Fsp3) is 0.689. The summed E-state index contributed by atoms with van der Waals surface area (Å²) in [4.78, 5) is 0. The van der Waals surface area contributed by atoms with Gasteiger partial charge in [-0.1, -0.05) is 137 Å². The van der Waals surface area contributed by atoms with Gasteiger partial charge in [0, 0.05) is 24.4 Å². The van der Waals surface area contributed by atoms with Gasteiger partial charge in [-0.25, -0.2) is 0 Å². The highest BCUT2D eigenvalue weighted by atomic mass is 28.4. The monoisotopic (exact) mass is 778 g/mol. The molecule has 0 radical (unpaired) electrons. The van der Waals surface area contributed by atoms with E-state index in [9.17, 15) is 5.11 Å². The Hall–Kier alpha value is -1.37. The Kier molecular flexibility index (Phi) is 12.0. The van der Waals surface area contributed by atoms with E-state index in [-0.39, 0.29) is 38.7 Å². The smallest absolute Gasteiger partial charge is 0.261 e. The third-order valence-corrected chi connectivity index (χ3v) is 28.5. The maximum atomic E-state index is 13.1. The van der Waals surface area contributed by atoms with E-state index in [0.717, 1.165) is 31.3 Å². The lowest BCUT2D eigenvalue weighted by molar-refractivity contribution is -0.0941. The van der Waals surface area contributed by atoms with E-state index in [1.165, 1.54) is 15.9 Å². The number of hydrogen-bond donors (Lipinski definition) is 1. The lowest BCUT2D eigenvalue weighted by Gasteiger charge is -2.51. The first kappa shape index (κ1) is 42.8. The first-order chi connectivity index (χ1) is 24.3. The molecule has 1 aliphatic carbocycles. The van der Waals surface area contributed by atoms with Gasteiger partial charge in [0.2, 0.25) is 0 Å². The second-order valence-electron chi connectivity index (χ2n) is 21.2. The number of benzene rings is 2. The van der Waals surface area contributed by atoms with Gasteiger partial charge in [-0.05, 0) is 88.5 Å². The molecule has 2 bridgehead atoms. The van der Waals surface area contributed by atoms with E-state index in [4.69, 9.17) is 18.0 Å². The van der Waals surface area contributed by atoms with Crippen LogP contribution in [-0.2, 0) is 18.0 Å². The molecular weight excluding hydrogens is 705 g/mol. The summed E-state index contributed by atoms with van der Waals surface area (Å²) in [6.07, 6.45) is 3.55. The summed E-state index contributed by atoms with van der Waals surface area (Å²) >= 11 is 0. The van der Waals surface area contributed by atoms with Gasteiger partial charge in [-0.15, -0.1) is 0 Å². The number of aliphatic hydroxyl groups excluding tert-OH is 1. The van der Waals surface area contributed by atoms with E-state index in [1.54, 1.807) is 0 Å².